The van der Waals surface area contributed by atoms with Crippen LogP contribution in [0.5, 0.6) is 0 Å². The minimum absolute atomic E-state index is 0.147. The van der Waals surface area contributed by atoms with Gasteiger partial charge in [0, 0.05) is 25.7 Å². The lowest BCUT2D eigenvalue weighted by Gasteiger charge is -2.33. The van der Waals surface area contributed by atoms with Crippen molar-refractivity contribution in [2.24, 2.45) is 0 Å². The second-order valence-electron chi connectivity index (χ2n) is 4.43. The number of nitrogens with zero attached hydrogens (tertiary/aromatic N) is 2. The Morgan fingerprint density at radius 3 is 3.00 bits per heavy atom. The van der Waals surface area contributed by atoms with E-state index in [1.807, 2.05) is 11.8 Å². The zero-order valence-electron chi connectivity index (χ0n) is 10.6. The first-order valence-electron chi connectivity index (χ1n) is 6.11. The van der Waals surface area contributed by atoms with Gasteiger partial charge in [0.05, 0.1) is 10.7 Å². The Kier molecular flexibility index (Phi) is 3.79. The molecule has 17 heavy (non-hydrogen) atoms. The topological polar surface area (TPSA) is 45.2 Å². The summed E-state index contributed by atoms with van der Waals surface area (Å²) in [6.07, 6.45) is 0.899. The Bertz CT molecular complexity index is 416. The van der Waals surface area contributed by atoms with Crippen LogP contribution in [0, 0.1) is 6.92 Å². The molecule has 0 unspecified atom stereocenters. The molecule has 4 nitrogen and oxygen atoms in total. The van der Waals surface area contributed by atoms with Gasteiger partial charge in [-0.1, -0.05) is 6.92 Å². The molecule has 0 aromatic carbocycles. The number of hydrogen-bond acceptors (Lipinski definition) is 4. The lowest BCUT2D eigenvalue weighted by atomic mass is 10.2. The molecule has 1 saturated heterocycles. The number of rotatable bonds is 2. The van der Waals surface area contributed by atoms with Gasteiger partial charge < -0.3 is 10.2 Å². The molecule has 1 N–H and O–H groups in total. The normalized spacial score (nSPS) is 20.6. The van der Waals surface area contributed by atoms with Crippen LogP contribution in [0.25, 0.3) is 0 Å². The molecule has 0 saturated carbocycles. The largest absolute Gasteiger partial charge is 0.333 e. The first kappa shape index (κ1) is 12.5. The average molecular weight is 253 g/mol. The second kappa shape index (κ2) is 5.14. The van der Waals surface area contributed by atoms with Crippen molar-refractivity contribution in [2.45, 2.75) is 33.2 Å². The average Bonchev–Trinajstić information content (AvgIpc) is 2.70. The summed E-state index contributed by atoms with van der Waals surface area (Å²) in [5.41, 5.74) is 0.877. The number of hydrogen-bond donors (Lipinski definition) is 1. The summed E-state index contributed by atoms with van der Waals surface area (Å²) in [6, 6.07) is 0.267. The quantitative estimate of drug-likeness (QED) is 0.867. The summed E-state index contributed by atoms with van der Waals surface area (Å²) in [5.74, 6) is 0.147. The van der Waals surface area contributed by atoms with Crippen molar-refractivity contribution in [2.75, 3.05) is 19.6 Å². The van der Waals surface area contributed by atoms with Crippen LogP contribution in [-0.4, -0.2) is 41.5 Å². The Hall–Kier alpha value is -0.940. The van der Waals surface area contributed by atoms with Gasteiger partial charge in [-0.15, -0.1) is 11.3 Å². The molecule has 1 aliphatic rings. The van der Waals surface area contributed by atoms with Gasteiger partial charge in [0.15, 0.2) is 0 Å². The zero-order chi connectivity index (χ0) is 12.4. The maximum atomic E-state index is 12.4. The van der Waals surface area contributed by atoms with Crippen molar-refractivity contribution < 1.29 is 4.79 Å². The number of piperazine rings is 1. The molecule has 1 fully saturated rings. The molecule has 5 heteroatoms. The molecule has 2 heterocycles. The minimum Gasteiger partial charge on any atom is -0.333 e. The van der Waals surface area contributed by atoms with Crippen LogP contribution >= 0.6 is 11.3 Å². The predicted molar refractivity (Wildman–Crippen MR) is 69.6 cm³/mol. The highest BCUT2D eigenvalue weighted by molar-refractivity contribution is 7.13. The summed E-state index contributed by atoms with van der Waals surface area (Å²) < 4.78 is 0. The first-order valence-corrected chi connectivity index (χ1v) is 6.93. The third-order valence-electron chi connectivity index (χ3n) is 3.10. The zero-order valence-corrected chi connectivity index (χ0v) is 11.4. The Labute approximate surface area is 106 Å². The maximum absolute atomic E-state index is 12.4. The van der Waals surface area contributed by atoms with Gasteiger partial charge in [-0.05, 0) is 20.3 Å². The molecule has 2 rings (SSSR count). The van der Waals surface area contributed by atoms with E-state index < -0.39 is 0 Å². The van der Waals surface area contributed by atoms with Crippen LogP contribution in [0.2, 0.25) is 0 Å². The smallest absolute Gasteiger partial charge is 0.266 e. The second-order valence-corrected chi connectivity index (χ2v) is 5.51. The summed E-state index contributed by atoms with van der Waals surface area (Å²) >= 11 is 1.54. The van der Waals surface area contributed by atoms with E-state index in [2.05, 4.69) is 24.1 Å². The number of nitrogens with one attached hydrogen (secondary N) is 1. The van der Waals surface area contributed by atoms with E-state index in [9.17, 15) is 4.79 Å². The van der Waals surface area contributed by atoms with Crippen molar-refractivity contribution in [3.63, 3.8) is 0 Å². The van der Waals surface area contributed by atoms with Gasteiger partial charge in [-0.25, -0.2) is 4.98 Å². The van der Waals surface area contributed by atoms with Crippen molar-refractivity contribution >= 4 is 17.2 Å². The number of thiazole rings is 1. The minimum atomic E-state index is 0.147. The van der Waals surface area contributed by atoms with Crippen LogP contribution < -0.4 is 5.32 Å². The third kappa shape index (κ3) is 2.50. The molecule has 1 atom stereocenters. The standard InChI is InChI=1S/C12H19N3OS/c1-4-10-14-9(3)11(17-10)12(16)15-6-5-13-7-8(15)2/h8,13H,4-7H2,1-3H3/t8-/m0/s1. The van der Waals surface area contributed by atoms with Gasteiger partial charge in [0.25, 0.3) is 5.91 Å². The molecule has 1 aromatic rings. The van der Waals surface area contributed by atoms with Gasteiger partial charge in [0.1, 0.15) is 4.88 Å². The molecule has 0 spiro atoms. The van der Waals surface area contributed by atoms with E-state index in [-0.39, 0.29) is 11.9 Å². The van der Waals surface area contributed by atoms with E-state index in [4.69, 9.17) is 0 Å². The molecule has 94 valence electrons. The maximum Gasteiger partial charge on any atom is 0.266 e. The fourth-order valence-electron chi connectivity index (χ4n) is 2.08. The molecular formula is C12H19N3OS. The summed E-state index contributed by atoms with van der Waals surface area (Å²) in [4.78, 5) is 19.6. The molecular weight excluding hydrogens is 234 g/mol. The number of amides is 1. The Morgan fingerprint density at radius 2 is 2.41 bits per heavy atom. The highest BCUT2D eigenvalue weighted by Gasteiger charge is 2.26. The highest BCUT2D eigenvalue weighted by Crippen LogP contribution is 2.21. The molecule has 1 aromatic heterocycles. The van der Waals surface area contributed by atoms with E-state index >= 15 is 0 Å². The molecule has 0 aliphatic carbocycles. The van der Waals surface area contributed by atoms with Crippen LogP contribution in [0.4, 0.5) is 0 Å². The van der Waals surface area contributed by atoms with Gasteiger partial charge >= 0.3 is 0 Å². The van der Waals surface area contributed by atoms with Crippen molar-refractivity contribution in [1.29, 1.82) is 0 Å². The molecule has 0 bridgehead atoms. The summed E-state index contributed by atoms with van der Waals surface area (Å²) in [7, 11) is 0. The van der Waals surface area contributed by atoms with Crippen molar-refractivity contribution in [3.05, 3.63) is 15.6 Å². The first-order chi connectivity index (χ1) is 8.13. The van der Waals surface area contributed by atoms with Gasteiger partial charge in [-0.3, -0.25) is 4.79 Å². The fourth-order valence-corrected chi connectivity index (χ4v) is 3.04. The number of carbonyl (C=O) groups excluding carboxylic acids is 1. The highest BCUT2D eigenvalue weighted by atomic mass is 32.1. The van der Waals surface area contributed by atoms with E-state index in [1.165, 1.54) is 0 Å². The third-order valence-corrected chi connectivity index (χ3v) is 4.39. The fraction of sp³-hybridized carbons (Fsp3) is 0.667. The van der Waals surface area contributed by atoms with Gasteiger partial charge in [-0.2, -0.15) is 0 Å². The van der Waals surface area contributed by atoms with E-state index in [0.29, 0.717) is 0 Å². The van der Waals surface area contributed by atoms with Crippen molar-refractivity contribution in [1.82, 2.24) is 15.2 Å². The molecule has 1 aliphatic heterocycles. The lowest BCUT2D eigenvalue weighted by Crippen LogP contribution is -2.52. The monoisotopic (exact) mass is 253 g/mol. The lowest BCUT2D eigenvalue weighted by molar-refractivity contribution is 0.0660. The van der Waals surface area contributed by atoms with E-state index in [0.717, 1.165) is 41.6 Å². The number of aryl methyl sites for hydroxylation is 2. The van der Waals surface area contributed by atoms with Crippen LogP contribution in [-0.2, 0) is 6.42 Å². The Morgan fingerprint density at radius 1 is 1.65 bits per heavy atom. The summed E-state index contributed by atoms with van der Waals surface area (Å²) in [5, 5.41) is 4.35. The van der Waals surface area contributed by atoms with Crippen molar-refractivity contribution in [3.8, 4) is 0 Å². The van der Waals surface area contributed by atoms with E-state index in [1.54, 1.807) is 11.3 Å². The number of carbonyl (C=O) groups is 1. The summed E-state index contributed by atoms with van der Waals surface area (Å²) in [6.45, 7) is 8.63. The Balaban J connectivity index is 2.20. The number of aromatic nitrogens is 1. The molecule has 1 amide bonds. The SMILES string of the molecule is CCc1nc(C)c(C(=O)N2CCNC[C@@H]2C)s1. The molecule has 0 radical (unpaired) electrons. The predicted octanol–water partition coefficient (Wildman–Crippen LogP) is 1.45. The van der Waals surface area contributed by atoms with Crippen LogP contribution in [0.15, 0.2) is 0 Å². The van der Waals surface area contributed by atoms with Crippen LogP contribution in [0.1, 0.15) is 34.2 Å². The van der Waals surface area contributed by atoms with Gasteiger partial charge in [0.2, 0.25) is 0 Å². The van der Waals surface area contributed by atoms with Crippen LogP contribution in [0.3, 0.4) is 0 Å².